The lowest BCUT2D eigenvalue weighted by atomic mass is 10.1. The third-order valence-electron chi connectivity index (χ3n) is 5.63. The fraction of sp³-hybridized carbons (Fsp3) is 0.0323. The van der Waals surface area contributed by atoms with Gasteiger partial charge in [0, 0.05) is 26.9 Å². The summed E-state index contributed by atoms with van der Waals surface area (Å²) in [6, 6.07) is 28.3. The first-order valence-electron chi connectivity index (χ1n) is 12.3. The molecule has 0 saturated heterocycles. The molecule has 0 aliphatic carbocycles. The monoisotopic (exact) mass is 585 g/mol. The van der Waals surface area contributed by atoms with Gasteiger partial charge in [0.05, 0.1) is 11.3 Å². The van der Waals surface area contributed by atoms with Gasteiger partial charge in [0.2, 0.25) is 5.91 Å². The van der Waals surface area contributed by atoms with Crippen LogP contribution in [-0.4, -0.2) is 34.6 Å². The van der Waals surface area contributed by atoms with E-state index in [0.29, 0.717) is 27.5 Å². The highest BCUT2D eigenvalue weighted by Gasteiger charge is 2.16. The summed E-state index contributed by atoms with van der Waals surface area (Å²) in [7, 11) is 0. The first-order chi connectivity index (χ1) is 19.8. The van der Waals surface area contributed by atoms with Crippen LogP contribution in [0.3, 0.4) is 0 Å². The summed E-state index contributed by atoms with van der Waals surface area (Å²) in [4.78, 5) is 50.0. The summed E-state index contributed by atoms with van der Waals surface area (Å²) in [5.74, 6) is -2.14. The molecular formula is C31H24ClN3O5S. The lowest BCUT2D eigenvalue weighted by Gasteiger charge is -2.12. The Hall–Kier alpha value is -4.86. The average molecular weight is 586 g/mol. The number of aromatic carboxylic acids is 1. The van der Waals surface area contributed by atoms with Crippen LogP contribution in [0.1, 0.15) is 26.3 Å². The molecule has 3 amide bonds. The van der Waals surface area contributed by atoms with Gasteiger partial charge in [-0.05, 0) is 78.4 Å². The maximum absolute atomic E-state index is 13.2. The van der Waals surface area contributed by atoms with E-state index in [1.54, 1.807) is 78.9 Å². The maximum atomic E-state index is 13.2. The molecule has 41 heavy (non-hydrogen) atoms. The third kappa shape index (κ3) is 8.56. The van der Waals surface area contributed by atoms with Gasteiger partial charge in [-0.15, -0.1) is 11.8 Å². The van der Waals surface area contributed by atoms with E-state index in [1.807, 2.05) is 0 Å². The molecule has 0 saturated carbocycles. The number of thioether (sulfide) groups is 1. The predicted molar refractivity (Wildman–Crippen MR) is 161 cm³/mol. The van der Waals surface area contributed by atoms with Gasteiger partial charge < -0.3 is 21.1 Å². The van der Waals surface area contributed by atoms with Crippen molar-refractivity contribution in [2.24, 2.45) is 0 Å². The van der Waals surface area contributed by atoms with Crippen LogP contribution >= 0.6 is 23.4 Å². The van der Waals surface area contributed by atoms with Crippen LogP contribution in [0.5, 0.6) is 0 Å². The molecule has 0 heterocycles. The SMILES string of the molecule is O=C(CSc1ccc(NC(=O)/C(=C/c2ccccc2Cl)NC(=O)c2ccccc2)cc1)Nc1ccc(C(=O)O)cc1. The van der Waals surface area contributed by atoms with E-state index in [9.17, 15) is 19.2 Å². The van der Waals surface area contributed by atoms with Gasteiger partial charge >= 0.3 is 5.97 Å². The molecule has 10 heteroatoms. The average Bonchev–Trinajstić information content (AvgIpc) is 2.98. The lowest BCUT2D eigenvalue weighted by Crippen LogP contribution is -2.30. The number of hydrogen-bond donors (Lipinski definition) is 4. The number of rotatable bonds is 10. The number of benzene rings is 4. The molecule has 0 aromatic heterocycles. The molecule has 8 nitrogen and oxygen atoms in total. The standard InChI is InChI=1S/C31H24ClN3O5S/c32-26-9-5-4-8-22(26)18-27(35-29(37)20-6-2-1-3-7-20)30(38)34-24-14-16-25(17-15-24)41-19-28(36)33-23-12-10-21(11-13-23)31(39)40/h1-18H,19H2,(H,33,36)(H,34,38)(H,35,37)(H,39,40)/b27-18-. The lowest BCUT2D eigenvalue weighted by molar-refractivity contribution is -0.114. The number of carbonyl (C=O) groups excluding carboxylic acids is 3. The molecule has 0 aliphatic heterocycles. The number of amides is 3. The largest absolute Gasteiger partial charge is 0.478 e. The van der Waals surface area contributed by atoms with E-state index in [-0.39, 0.29) is 22.9 Å². The van der Waals surface area contributed by atoms with Crippen LogP contribution in [0.15, 0.2) is 114 Å². The summed E-state index contributed by atoms with van der Waals surface area (Å²) in [5.41, 5.74) is 2.09. The summed E-state index contributed by atoms with van der Waals surface area (Å²) >= 11 is 7.58. The van der Waals surface area contributed by atoms with Crippen molar-refractivity contribution in [1.82, 2.24) is 5.32 Å². The molecule has 4 N–H and O–H groups in total. The molecule has 0 bridgehead atoms. The first-order valence-corrected chi connectivity index (χ1v) is 13.6. The van der Waals surface area contributed by atoms with Crippen molar-refractivity contribution < 1.29 is 24.3 Å². The second-order valence-corrected chi connectivity index (χ2v) is 10.1. The van der Waals surface area contributed by atoms with E-state index in [4.69, 9.17) is 16.7 Å². The normalized spacial score (nSPS) is 10.9. The summed E-state index contributed by atoms with van der Waals surface area (Å²) in [6.07, 6.45) is 1.51. The Kier molecular flexibility index (Phi) is 9.93. The second-order valence-electron chi connectivity index (χ2n) is 8.60. The number of carboxylic acids is 1. The predicted octanol–water partition coefficient (Wildman–Crippen LogP) is 6.18. The Morgan fingerprint density at radius 1 is 0.732 bits per heavy atom. The molecule has 0 radical (unpaired) electrons. The van der Waals surface area contributed by atoms with Gasteiger partial charge in [0.15, 0.2) is 0 Å². The fourth-order valence-corrected chi connectivity index (χ4v) is 4.45. The van der Waals surface area contributed by atoms with Gasteiger partial charge in [0.1, 0.15) is 5.70 Å². The van der Waals surface area contributed by atoms with E-state index in [1.165, 1.54) is 42.1 Å². The molecule has 4 aromatic rings. The quantitative estimate of drug-likeness (QED) is 0.130. The van der Waals surface area contributed by atoms with Crippen LogP contribution < -0.4 is 16.0 Å². The number of halogens is 1. The zero-order valence-electron chi connectivity index (χ0n) is 21.5. The van der Waals surface area contributed by atoms with Gasteiger partial charge in [0.25, 0.3) is 11.8 Å². The third-order valence-corrected chi connectivity index (χ3v) is 6.99. The maximum Gasteiger partial charge on any atom is 0.335 e. The van der Waals surface area contributed by atoms with Crippen molar-refractivity contribution in [2.75, 3.05) is 16.4 Å². The molecule has 0 fully saturated rings. The Morgan fingerprint density at radius 2 is 1.34 bits per heavy atom. The van der Waals surface area contributed by atoms with Gasteiger partial charge in [-0.3, -0.25) is 14.4 Å². The number of hydrogen-bond acceptors (Lipinski definition) is 5. The Morgan fingerprint density at radius 3 is 2.00 bits per heavy atom. The number of carboxylic acid groups (broad SMARTS) is 1. The van der Waals surface area contributed by atoms with Crippen LogP contribution in [0.2, 0.25) is 5.02 Å². The van der Waals surface area contributed by atoms with Crippen molar-refractivity contribution >= 4 is 64.5 Å². The van der Waals surface area contributed by atoms with E-state index < -0.39 is 17.8 Å². The van der Waals surface area contributed by atoms with Crippen molar-refractivity contribution in [3.8, 4) is 0 Å². The van der Waals surface area contributed by atoms with E-state index in [0.717, 1.165) is 4.90 Å². The van der Waals surface area contributed by atoms with Crippen molar-refractivity contribution in [3.63, 3.8) is 0 Å². The molecular weight excluding hydrogens is 562 g/mol. The minimum atomic E-state index is -1.04. The van der Waals surface area contributed by atoms with Crippen molar-refractivity contribution in [1.29, 1.82) is 0 Å². The van der Waals surface area contributed by atoms with Gasteiger partial charge in [-0.1, -0.05) is 48.0 Å². The zero-order chi connectivity index (χ0) is 29.2. The zero-order valence-corrected chi connectivity index (χ0v) is 23.0. The topological polar surface area (TPSA) is 125 Å². The molecule has 206 valence electrons. The number of anilines is 2. The fourth-order valence-electron chi connectivity index (χ4n) is 3.57. The highest BCUT2D eigenvalue weighted by Crippen LogP contribution is 2.22. The van der Waals surface area contributed by atoms with Gasteiger partial charge in [-0.2, -0.15) is 0 Å². The van der Waals surface area contributed by atoms with Crippen LogP contribution in [0.4, 0.5) is 11.4 Å². The van der Waals surface area contributed by atoms with Crippen molar-refractivity contribution in [3.05, 3.63) is 131 Å². The smallest absolute Gasteiger partial charge is 0.335 e. The highest BCUT2D eigenvalue weighted by atomic mass is 35.5. The first kappa shape index (κ1) is 29.1. The Bertz CT molecular complexity index is 1590. The van der Waals surface area contributed by atoms with Gasteiger partial charge in [-0.25, -0.2) is 4.79 Å². The molecule has 4 rings (SSSR count). The van der Waals surface area contributed by atoms with E-state index in [2.05, 4.69) is 16.0 Å². The van der Waals surface area contributed by atoms with Crippen LogP contribution in [0.25, 0.3) is 6.08 Å². The molecule has 0 spiro atoms. The second kappa shape index (κ2) is 14.0. The molecule has 0 unspecified atom stereocenters. The number of nitrogens with one attached hydrogen (secondary N) is 3. The summed E-state index contributed by atoms with van der Waals surface area (Å²) in [5, 5.41) is 17.6. The Labute approximate surface area is 245 Å². The van der Waals surface area contributed by atoms with Crippen LogP contribution in [0, 0.1) is 0 Å². The van der Waals surface area contributed by atoms with E-state index >= 15 is 0 Å². The van der Waals surface area contributed by atoms with Crippen molar-refractivity contribution in [2.45, 2.75) is 4.90 Å². The molecule has 0 aliphatic rings. The van der Waals surface area contributed by atoms with Crippen LogP contribution in [-0.2, 0) is 9.59 Å². The summed E-state index contributed by atoms with van der Waals surface area (Å²) < 4.78 is 0. The number of carbonyl (C=O) groups is 4. The molecule has 0 atom stereocenters. The molecule has 4 aromatic carbocycles. The summed E-state index contributed by atoms with van der Waals surface area (Å²) in [6.45, 7) is 0. The Balaban J connectivity index is 1.38. The minimum Gasteiger partial charge on any atom is -0.478 e. The minimum absolute atomic E-state index is 0.0125. The highest BCUT2D eigenvalue weighted by molar-refractivity contribution is 8.00.